The quantitative estimate of drug-likeness (QED) is 0.299. The number of hydrogen-bond acceptors (Lipinski definition) is 5. The number of halogens is 2. The Bertz CT molecular complexity index is 1140. The van der Waals surface area contributed by atoms with E-state index in [-0.39, 0.29) is 25.1 Å². The lowest BCUT2D eigenvalue weighted by Crippen LogP contribution is -2.49. The number of hydrogen-bond donors (Lipinski definition) is 2. The number of aliphatic hydroxyl groups excluding tert-OH is 2. The van der Waals surface area contributed by atoms with Crippen LogP contribution in [0.15, 0.2) is 66.7 Å². The van der Waals surface area contributed by atoms with Gasteiger partial charge in [-0.1, -0.05) is 74.0 Å². The van der Waals surface area contributed by atoms with Crippen LogP contribution in [-0.2, 0) is 22.5 Å². The van der Waals surface area contributed by atoms with E-state index in [1.807, 2.05) is 69.3 Å². The van der Waals surface area contributed by atoms with Gasteiger partial charge in [0.2, 0.25) is 0 Å². The van der Waals surface area contributed by atoms with E-state index in [0.717, 1.165) is 22.3 Å². The third kappa shape index (κ3) is 7.78. The first kappa shape index (κ1) is 30.1. The zero-order chi connectivity index (χ0) is 27.5. The molecule has 2 atom stereocenters. The lowest BCUT2D eigenvalue weighted by atomic mass is 9.87. The Kier molecular flexibility index (Phi) is 11.6. The maximum absolute atomic E-state index is 14.4. The Morgan fingerprint density at radius 2 is 1.74 bits per heavy atom. The molecule has 1 saturated heterocycles. The van der Waals surface area contributed by atoms with Gasteiger partial charge in [-0.25, -0.2) is 4.39 Å². The zero-order valence-corrected chi connectivity index (χ0v) is 23.1. The molecule has 0 bridgehead atoms. The van der Waals surface area contributed by atoms with E-state index in [0.29, 0.717) is 37.5 Å². The predicted octanol–water partition coefficient (Wildman–Crippen LogP) is 6.66. The highest BCUT2D eigenvalue weighted by atomic mass is 35.5. The first-order chi connectivity index (χ1) is 18.4. The highest BCUT2D eigenvalue weighted by molar-refractivity contribution is 6.31. The van der Waals surface area contributed by atoms with Crippen molar-refractivity contribution in [2.75, 3.05) is 19.8 Å². The van der Waals surface area contributed by atoms with Crippen LogP contribution in [0.4, 0.5) is 4.39 Å². The molecule has 1 fully saturated rings. The van der Waals surface area contributed by atoms with E-state index in [2.05, 4.69) is 0 Å². The van der Waals surface area contributed by atoms with Gasteiger partial charge in [-0.05, 0) is 53.8 Å². The molecule has 1 heterocycles. The van der Waals surface area contributed by atoms with E-state index in [4.69, 9.17) is 25.8 Å². The van der Waals surface area contributed by atoms with Crippen LogP contribution >= 0.6 is 11.6 Å². The van der Waals surface area contributed by atoms with Crippen molar-refractivity contribution in [3.8, 4) is 5.75 Å². The summed E-state index contributed by atoms with van der Waals surface area (Å²) in [5, 5.41) is 20.7. The molecule has 0 radical (unpaired) electrons. The molecule has 0 aromatic heterocycles. The molecule has 3 aromatic rings. The van der Waals surface area contributed by atoms with E-state index in [9.17, 15) is 14.6 Å². The van der Waals surface area contributed by atoms with Gasteiger partial charge in [0, 0.05) is 17.9 Å². The van der Waals surface area contributed by atoms with Crippen LogP contribution in [0.3, 0.4) is 0 Å². The van der Waals surface area contributed by atoms with E-state index < -0.39 is 17.5 Å². The summed E-state index contributed by atoms with van der Waals surface area (Å²) >= 11 is 6.50. The van der Waals surface area contributed by atoms with E-state index in [1.54, 1.807) is 12.1 Å². The summed E-state index contributed by atoms with van der Waals surface area (Å²) in [6.07, 6.45) is 0.749. The van der Waals surface area contributed by atoms with Crippen LogP contribution in [0.1, 0.15) is 62.0 Å². The molecule has 1 aliphatic rings. The van der Waals surface area contributed by atoms with E-state index >= 15 is 0 Å². The minimum Gasteiger partial charge on any atom is -0.491 e. The fourth-order valence-electron chi connectivity index (χ4n) is 4.59. The molecule has 7 heteroatoms. The van der Waals surface area contributed by atoms with Gasteiger partial charge in [0.1, 0.15) is 5.60 Å². The number of rotatable bonds is 10. The SMILES string of the molecule is CC.CCOc1ccc(Cc2cc([C@H]3CC(OCc4ccccc4)CC(CO)(CO)O3)ccc2Cl)cc1F. The van der Waals surface area contributed by atoms with Gasteiger partial charge < -0.3 is 24.4 Å². The Balaban J connectivity index is 0.00000195. The predicted molar refractivity (Wildman–Crippen MR) is 148 cm³/mol. The summed E-state index contributed by atoms with van der Waals surface area (Å²) in [5.41, 5.74) is 2.40. The fraction of sp³-hybridized carbons (Fsp3) is 0.419. The molecule has 0 aliphatic carbocycles. The van der Waals surface area contributed by atoms with Gasteiger partial charge in [-0.3, -0.25) is 0 Å². The van der Waals surface area contributed by atoms with Crippen molar-refractivity contribution in [1.82, 2.24) is 0 Å². The molecule has 2 N–H and O–H groups in total. The lowest BCUT2D eigenvalue weighted by molar-refractivity contribution is -0.207. The largest absolute Gasteiger partial charge is 0.491 e. The summed E-state index contributed by atoms with van der Waals surface area (Å²) < 4.78 is 32.1. The van der Waals surface area contributed by atoms with Crippen LogP contribution in [-0.4, -0.2) is 41.7 Å². The molecule has 1 aliphatic heterocycles. The topological polar surface area (TPSA) is 68.2 Å². The van der Waals surface area contributed by atoms with Crippen LogP contribution in [0.25, 0.3) is 0 Å². The van der Waals surface area contributed by atoms with Gasteiger partial charge in [0.25, 0.3) is 0 Å². The summed E-state index contributed by atoms with van der Waals surface area (Å²) in [6, 6.07) is 20.4. The molecule has 0 saturated carbocycles. The Morgan fingerprint density at radius 1 is 1.00 bits per heavy atom. The maximum Gasteiger partial charge on any atom is 0.165 e. The Hall–Kier alpha value is -2.48. The highest BCUT2D eigenvalue weighted by Gasteiger charge is 2.42. The first-order valence-corrected chi connectivity index (χ1v) is 13.6. The molecule has 0 spiro atoms. The summed E-state index contributed by atoms with van der Waals surface area (Å²) in [5.74, 6) is -0.186. The summed E-state index contributed by atoms with van der Waals surface area (Å²) in [4.78, 5) is 0. The lowest BCUT2D eigenvalue weighted by Gasteiger charge is -2.43. The Morgan fingerprint density at radius 3 is 2.39 bits per heavy atom. The van der Waals surface area contributed by atoms with Gasteiger partial charge in [-0.2, -0.15) is 0 Å². The monoisotopic (exact) mass is 544 g/mol. The molecule has 0 amide bonds. The molecular formula is C31H38ClFO5. The zero-order valence-electron chi connectivity index (χ0n) is 22.3. The van der Waals surface area contributed by atoms with Gasteiger partial charge in [-0.15, -0.1) is 0 Å². The second-order valence-electron chi connectivity index (χ2n) is 9.19. The van der Waals surface area contributed by atoms with Crippen molar-refractivity contribution in [3.05, 3.63) is 99.8 Å². The Labute approximate surface area is 230 Å². The third-order valence-electron chi connectivity index (χ3n) is 6.51. The molecule has 1 unspecified atom stereocenters. The third-order valence-corrected chi connectivity index (χ3v) is 6.87. The summed E-state index contributed by atoms with van der Waals surface area (Å²) in [6.45, 7) is 5.99. The number of aliphatic hydroxyl groups is 2. The second kappa shape index (κ2) is 14.6. The van der Waals surface area contributed by atoms with Crippen LogP contribution in [0, 0.1) is 5.82 Å². The molecule has 3 aromatic carbocycles. The van der Waals surface area contributed by atoms with Crippen LogP contribution in [0.5, 0.6) is 5.75 Å². The minimum absolute atomic E-state index is 0.220. The average molecular weight is 545 g/mol. The molecule has 38 heavy (non-hydrogen) atoms. The minimum atomic E-state index is -1.11. The first-order valence-electron chi connectivity index (χ1n) is 13.2. The van der Waals surface area contributed by atoms with Gasteiger partial charge in [0.05, 0.1) is 38.6 Å². The van der Waals surface area contributed by atoms with Crippen LogP contribution < -0.4 is 4.74 Å². The number of ether oxygens (including phenoxy) is 3. The molecule has 4 rings (SSSR count). The average Bonchev–Trinajstić information content (AvgIpc) is 2.96. The van der Waals surface area contributed by atoms with Crippen molar-refractivity contribution in [1.29, 1.82) is 0 Å². The van der Waals surface area contributed by atoms with Crippen molar-refractivity contribution < 1.29 is 28.8 Å². The van der Waals surface area contributed by atoms with Crippen molar-refractivity contribution in [2.24, 2.45) is 0 Å². The normalized spacial score (nSPS) is 18.4. The van der Waals surface area contributed by atoms with Gasteiger partial charge >= 0.3 is 0 Å². The fourth-order valence-corrected chi connectivity index (χ4v) is 4.77. The highest BCUT2D eigenvalue weighted by Crippen LogP contribution is 2.40. The molecule has 5 nitrogen and oxygen atoms in total. The van der Waals surface area contributed by atoms with Crippen molar-refractivity contribution in [2.45, 2.75) is 64.4 Å². The molecular weight excluding hydrogens is 507 g/mol. The molecule has 206 valence electrons. The summed E-state index contributed by atoms with van der Waals surface area (Å²) in [7, 11) is 0. The van der Waals surface area contributed by atoms with Crippen molar-refractivity contribution in [3.63, 3.8) is 0 Å². The number of benzene rings is 3. The standard InChI is InChI=1S/C29H32ClFO5.C2H6/c1-2-34-27-11-8-21(13-26(27)31)12-23-14-22(9-10-25(23)30)28-15-24(16-29(18-32,19-33)36-28)35-17-20-6-4-3-5-7-20;1-2/h3-11,13-14,24,28,32-33H,2,12,15-19H2,1H3;1-2H3/t24?,28-;/m1./s1. The van der Waals surface area contributed by atoms with Crippen LogP contribution in [0.2, 0.25) is 5.02 Å². The van der Waals surface area contributed by atoms with Gasteiger partial charge in [0.15, 0.2) is 11.6 Å². The maximum atomic E-state index is 14.4. The van der Waals surface area contributed by atoms with E-state index in [1.165, 1.54) is 6.07 Å². The van der Waals surface area contributed by atoms with Crippen molar-refractivity contribution >= 4 is 11.6 Å². The second-order valence-corrected chi connectivity index (χ2v) is 9.60. The smallest absolute Gasteiger partial charge is 0.165 e.